The van der Waals surface area contributed by atoms with Gasteiger partial charge in [0.2, 0.25) is 0 Å². The van der Waals surface area contributed by atoms with Crippen LogP contribution in [0.1, 0.15) is 52.9 Å². The summed E-state index contributed by atoms with van der Waals surface area (Å²) in [6.45, 7) is 13.9. The minimum Gasteiger partial charge on any atom is -0.330 e. The minimum absolute atomic E-state index is 0.0233. The summed E-state index contributed by atoms with van der Waals surface area (Å²) in [5.74, 6) is 0. The van der Waals surface area contributed by atoms with Crippen molar-refractivity contribution in [3.63, 3.8) is 0 Å². The Morgan fingerprint density at radius 3 is 2.06 bits per heavy atom. The molecule has 1 aromatic rings. The molecule has 1 aromatic heterocycles. The third kappa shape index (κ3) is 2.85. The zero-order valence-electron chi connectivity index (χ0n) is 11.5. The summed E-state index contributed by atoms with van der Waals surface area (Å²) in [6, 6.07) is 2.19. The molecule has 0 radical (unpaired) electrons. The average Bonchev–Trinajstić information content (AvgIpc) is 2.47. The molecule has 0 spiro atoms. The first-order valence-corrected chi connectivity index (χ1v) is 5.96. The van der Waals surface area contributed by atoms with Crippen molar-refractivity contribution in [2.45, 2.75) is 58.9 Å². The van der Waals surface area contributed by atoms with Crippen LogP contribution in [0.15, 0.2) is 6.07 Å². The van der Waals surface area contributed by atoms with Gasteiger partial charge in [-0.2, -0.15) is 5.10 Å². The van der Waals surface area contributed by atoms with Gasteiger partial charge in [-0.15, -0.1) is 0 Å². The fourth-order valence-electron chi connectivity index (χ4n) is 1.75. The van der Waals surface area contributed by atoms with E-state index in [1.54, 1.807) is 0 Å². The zero-order valence-corrected chi connectivity index (χ0v) is 11.5. The second kappa shape index (κ2) is 4.21. The van der Waals surface area contributed by atoms with E-state index >= 15 is 0 Å². The van der Waals surface area contributed by atoms with E-state index in [0.717, 1.165) is 12.1 Å². The van der Waals surface area contributed by atoms with Crippen LogP contribution in [0.25, 0.3) is 0 Å². The third-order valence-electron chi connectivity index (χ3n) is 2.56. The van der Waals surface area contributed by atoms with Gasteiger partial charge in [0.25, 0.3) is 0 Å². The second-order valence-electron chi connectivity index (χ2n) is 6.39. The number of nitrogens with zero attached hydrogens (tertiary/aromatic N) is 2. The molecule has 2 N–H and O–H groups in total. The highest BCUT2D eigenvalue weighted by molar-refractivity contribution is 5.19. The number of nitrogens with two attached hydrogens (primary N) is 1. The van der Waals surface area contributed by atoms with Crippen molar-refractivity contribution < 1.29 is 0 Å². The first-order chi connectivity index (χ1) is 7.16. The van der Waals surface area contributed by atoms with Crippen LogP contribution in [0.3, 0.4) is 0 Å². The van der Waals surface area contributed by atoms with E-state index in [1.165, 1.54) is 5.69 Å². The maximum atomic E-state index is 5.59. The Morgan fingerprint density at radius 1 is 1.19 bits per heavy atom. The Kier molecular flexibility index (Phi) is 3.48. The van der Waals surface area contributed by atoms with Gasteiger partial charge in [0.05, 0.1) is 11.2 Å². The smallest absolute Gasteiger partial charge is 0.0640 e. The molecule has 0 amide bonds. The zero-order chi connectivity index (χ0) is 12.6. The molecule has 1 heterocycles. The van der Waals surface area contributed by atoms with Gasteiger partial charge in [0, 0.05) is 17.5 Å². The van der Waals surface area contributed by atoms with Crippen LogP contribution < -0.4 is 5.73 Å². The van der Waals surface area contributed by atoms with Crippen molar-refractivity contribution in [2.24, 2.45) is 5.73 Å². The highest BCUT2D eigenvalue weighted by Crippen LogP contribution is 2.28. The molecule has 0 unspecified atom stereocenters. The number of hydrogen-bond donors (Lipinski definition) is 1. The van der Waals surface area contributed by atoms with Crippen LogP contribution in [0.4, 0.5) is 0 Å². The standard InChI is InChI=1S/C13H25N3/c1-12(2,3)11-9-10(7-8-14)15-16(11)13(4,5)6/h9H,7-8,14H2,1-6H3. The lowest BCUT2D eigenvalue weighted by Crippen LogP contribution is -2.30. The summed E-state index contributed by atoms with van der Waals surface area (Å²) >= 11 is 0. The monoisotopic (exact) mass is 223 g/mol. The molecule has 1 rings (SSSR count). The summed E-state index contributed by atoms with van der Waals surface area (Å²) in [5, 5.41) is 4.67. The van der Waals surface area contributed by atoms with Gasteiger partial charge in [-0.05, 0) is 33.4 Å². The van der Waals surface area contributed by atoms with Gasteiger partial charge in [0.1, 0.15) is 0 Å². The molecule has 0 atom stereocenters. The molecule has 3 heteroatoms. The van der Waals surface area contributed by atoms with E-state index in [2.05, 4.69) is 57.4 Å². The molecule has 0 aromatic carbocycles. The van der Waals surface area contributed by atoms with Crippen molar-refractivity contribution in [1.82, 2.24) is 9.78 Å². The van der Waals surface area contributed by atoms with E-state index in [1.807, 2.05) is 0 Å². The topological polar surface area (TPSA) is 43.8 Å². The van der Waals surface area contributed by atoms with Gasteiger partial charge in [-0.25, -0.2) is 0 Å². The Balaban J connectivity index is 3.24. The van der Waals surface area contributed by atoms with Crippen molar-refractivity contribution in [3.05, 3.63) is 17.5 Å². The summed E-state index contributed by atoms with van der Waals surface area (Å²) in [5.41, 5.74) is 8.11. The average molecular weight is 223 g/mol. The predicted octanol–water partition coefficient (Wildman–Crippen LogP) is 2.44. The first kappa shape index (κ1) is 13.2. The maximum absolute atomic E-state index is 5.59. The molecule has 0 saturated heterocycles. The van der Waals surface area contributed by atoms with Gasteiger partial charge in [0.15, 0.2) is 0 Å². The molecule has 16 heavy (non-hydrogen) atoms. The second-order valence-corrected chi connectivity index (χ2v) is 6.39. The summed E-state index contributed by atoms with van der Waals surface area (Å²) < 4.78 is 2.14. The fourth-order valence-corrected chi connectivity index (χ4v) is 1.75. The summed E-state index contributed by atoms with van der Waals surface area (Å²) in [7, 11) is 0. The Bertz CT molecular complexity index is 319. The molecule has 0 aliphatic heterocycles. The molecular formula is C13H25N3. The molecule has 0 bridgehead atoms. The lowest BCUT2D eigenvalue weighted by molar-refractivity contribution is 0.321. The van der Waals surface area contributed by atoms with Crippen LogP contribution in [0.2, 0.25) is 0 Å². The van der Waals surface area contributed by atoms with Crippen LogP contribution in [0.5, 0.6) is 0 Å². The SMILES string of the molecule is CC(C)(C)c1cc(CCN)nn1C(C)(C)C. The first-order valence-electron chi connectivity index (χ1n) is 5.96. The van der Waals surface area contributed by atoms with Crippen LogP contribution >= 0.6 is 0 Å². The fraction of sp³-hybridized carbons (Fsp3) is 0.769. The highest BCUT2D eigenvalue weighted by atomic mass is 15.3. The Morgan fingerprint density at radius 2 is 1.75 bits per heavy atom. The maximum Gasteiger partial charge on any atom is 0.0640 e. The lowest BCUT2D eigenvalue weighted by Gasteiger charge is -2.28. The normalized spacial score (nSPS) is 13.2. The van der Waals surface area contributed by atoms with E-state index in [0.29, 0.717) is 6.54 Å². The largest absolute Gasteiger partial charge is 0.330 e. The van der Waals surface area contributed by atoms with Gasteiger partial charge in [-0.1, -0.05) is 20.8 Å². The van der Waals surface area contributed by atoms with Crippen LogP contribution in [0, 0.1) is 0 Å². The quantitative estimate of drug-likeness (QED) is 0.837. The lowest BCUT2D eigenvalue weighted by atomic mass is 9.90. The Labute approximate surface area is 99.0 Å². The van der Waals surface area contributed by atoms with Crippen molar-refractivity contribution in [3.8, 4) is 0 Å². The molecule has 0 saturated carbocycles. The van der Waals surface area contributed by atoms with E-state index in [4.69, 9.17) is 5.73 Å². The van der Waals surface area contributed by atoms with Gasteiger partial charge in [-0.3, -0.25) is 4.68 Å². The van der Waals surface area contributed by atoms with E-state index in [-0.39, 0.29) is 11.0 Å². The Hall–Kier alpha value is -0.830. The molecule has 92 valence electrons. The van der Waals surface area contributed by atoms with Gasteiger partial charge >= 0.3 is 0 Å². The molecular weight excluding hydrogens is 198 g/mol. The molecule has 3 nitrogen and oxygen atoms in total. The minimum atomic E-state index is 0.0233. The van der Waals surface area contributed by atoms with Gasteiger partial charge < -0.3 is 5.73 Å². The van der Waals surface area contributed by atoms with Crippen molar-refractivity contribution >= 4 is 0 Å². The van der Waals surface area contributed by atoms with Crippen LogP contribution in [-0.4, -0.2) is 16.3 Å². The van der Waals surface area contributed by atoms with E-state index < -0.39 is 0 Å². The molecule has 0 aliphatic carbocycles. The predicted molar refractivity (Wildman–Crippen MR) is 68.7 cm³/mol. The summed E-state index contributed by atoms with van der Waals surface area (Å²) in [4.78, 5) is 0. The molecule has 0 fully saturated rings. The van der Waals surface area contributed by atoms with Crippen molar-refractivity contribution in [2.75, 3.05) is 6.54 Å². The van der Waals surface area contributed by atoms with E-state index in [9.17, 15) is 0 Å². The van der Waals surface area contributed by atoms with Crippen LogP contribution in [-0.2, 0) is 17.4 Å². The molecule has 0 aliphatic rings. The summed E-state index contributed by atoms with van der Waals surface area (Å²) in [6.07, 6.45) is 0.853. The third-order valence-corrected chi connectivity index (χ3v) is 2.56. The highest BCUT2D eigenvalue weighted by Gasteiger charge is 2.26. The number of rotatable bonds is 2. The van der Waals surface area contributed by atoms with Crippen molar-refractivity contribution in [1.29, 1.82) is 0 Å². The number of hydrogen-bond acceptors (Lipinski definition) is 2. The number of aromatic nitrogens is 2.